The lowest BCUT2D eigenvalue weighted by Crippen LogP contribution is -2.46. The fourth-order valence-electron chi connectivity index (χ4n) is 3.14. The van der Waals surface area contributed by atoms with Crippen LogP contribution < -0.4 is 5.32 Å². The first kappa shape index (κ1) is 11.9. The molecule has 0 bridgehead atoms. The van der Waals surface area contributed by atoms with Gasteiger partial charge >= 0.3 is 0 Å². The zero-order chi connectivity index (χ0) is 12.4. The summed E-state index contributed by atoms with van der Waals surface area (Å²) in [4.78, 5) is 6.70. The van der Waals surface area contributed by atoms with E-state index in [1.54, 1.807) is 0 Å². The van der Waals surface area contributed by atoms with Crippen LogP contribution in [0.2, 0.25) is 0 Å². The molecule has 2 aliphatic heterocycles. The van der Waals surface area contributed by atoms with Crippen LogP contribution in [0, 0.1) is 0 Å². The average Bonchev–Trinajstić information content (AvgIpc) is 2.72. The zero-order valence-corrected chi connectivity index (χ0v) is 10.9. The molecule has 2 atom stereocenters. The fraction of sp³-hybridized carbons (Fsp3) is 0.643. The molecule has 1 N–H and O–H groups in total. The Hall–Kier alpha value is -1.13. The first-order valence-electron chi connectivity index (χ1n) is 6.76. The Kier molecular flexibility index (Phi) is 3.22. The number of anilines is 1. The Bertz CT molecular complexity index is 393. The molecule has 0 aliphatic carbocycles. The number of aromatic nitrogens is 1. The van der Waals surface area contributed by atoms with Crippen LogP contribution in [-0.4, -0.2) is 48.3 Å². The highest BCUT2D eigenvalue weighted by Gasteiger charge is 2.42. The van der Waals surface area contributed by atoms with Crippen LogP contribution in [-0.2, 0) is 4.74 Å². The summed E-state index contributed by atoms with van der Waals surface area (Å²) in [5.41, 5.74) is 0.0828. The van der Waals surface area contributed by atoms with E-state index in [-0.39, 0.29) is 5.60 Å². The molecule has 0 unspecified atom stereocenters. The summed E-state index contributed by atoms with van der Waals surface area (Å²) in [6.07, 6.45) is 5.15. The Labute approximate surface area is 108 Å². The maximum atomic E-state index is 6.06. The second-order valence-electron chi connectivity index (χ2n) is 5.57. The topological polar surface area (TPSA) is 37.4 Å². The van der Waals surface area contributed by atoms with Gasteiger partial charge in [0, 0.05) is 31.9 Å². The van der Waals surface area contributed by atoms with Crippen molar-refractivity contribution < 1.29 is 4.74 Å². The Morgan fingerprint density at radius 1 is 1.50 bits per heavy atom. The molecule has 2 saturated heterocycles. The summed E-state index contributed by atoms with van der Waals surface area (Å²) < 4.78 is 6.06. The van der Waals surface area contributed by atoms with Crippen LogP contribution >= 0.6 is 0 Å². The summed E-state index contributed by atoms with van der Waals surface area (Å²) in [5, 5.41) is 3.54. The predicted molar refractivity (Wildman–Crippen MR) is 71.7 cm³/mol. The summed E-state index contributed by atoms with van der Waals surface area (Å²) >= 11 is 0. The van der Waals surface area contributed by atoms with Crippen molar-refractivity contribution in [2.45, 2.75) is 30.9 Å². The highest BCUT2D eigenvalue weighted by atomic mass is 16.5. The second-order valence-corrected chi connectivity index (χ2v) is 5.57. The van der Waals surface area contributed by atoms with E-state index in [1.807, 2.05) is 24.4 Å². The zero-order valence-electron chi connectivity index (χ0n) is 10.9. The lowest BCUT2D eigenvalue weighted by molar-refractivity contribution is -0.0723. The molecule has 4 heteroatoms. The van der Waals surface area contributed by atoms with E-state index < -0.39 is 0 Å². The lowest BCUT2D eigenvalue weighted by atomic mass is 9.89. The molecule has 0 saturated carbocycles. The third kappa shape index (κ3) is 2.49. The molecule has 18 heavy (non-hydrogen) atoms. The number of nitrogens with zero attached hydrogens (tertiary/aromatic N) is 2. The first-order valence-corrected chi connectivity index (χ1v) is 6.76. The van der Waals surface area contributed by atoms with Crippen molar-refractivity contribution in [1.29, 1.82) is 0 Å². The number of nitrogens with one attached hydrogen (secondary N) is 1. The number of likely N-dealkylation sites (tertiary alicyclic amines) is 1. The molecule has 3 rings (SSSR count). The molecule has 2 fully saturated rings. The van der Waals surface area contributed by atoms with Gasteiger partial charge < -0.3 is 15.0 Å². The van der Waals surface area contributed by atoms with Crippen LogP contribution in [0.1, 0.15) is 19.3 Å². The number of hydrogen-bond acceptors (Lipinski definition) is 4. The largest absolute Gasteiger partial charge is 0.373 e. The van der Waals surface area contributed by atoms with Crippen LogP contribution in [0.5, 0.6) is 0 Å². The molecule has 1 aromatic heterocycles. The normalized spacial score (nSPS) is 32.8. The van der Waals surface area contributed by atoms with Crippen LogP contribution in [0.4, 0.5) is 5.82 Å². The molecule has 4 nitrogen and oxygen atoms in total. The maximum absolute atomic E-state index is 6.06. The minimum absolute atomic E-state index is 0.0828. The molecule has 3 heterocycles. The van der Waals surface area contributed by atoms with Crippen LogP contribution in [0.3, 0.4) is 0 Å². The van der Waals surface area contributed by atoms with E-state index in [1.165, 1.54) is 0 Å². The summed E-state index contributed by atoms with van der Waals surface area (Å²) in [6, 6.07) is 6.49. The van der Waals surface area contributed by atoms with Crippen molar-refractivity contribution in [1.82, 2.24) is 9.88 Å². The molecular weight excluding hydrogens is 226 g/mol. The molecule has 0 radical (unpaired) electrons. The van der Waals surface area contributed by atoms with Crippen LogP contribution in [0.25, 0.3) is 0 Å². The van der Waals surface area contributed by atoms with Gasteiger partial charge in [0.1, 0.15) is 5.82 Å². The van der Waals surface area contributed by atoms with Gasteiger partial charge in [-0.1, -0.05) is 6.07 Å². The maximum Gasteiger partial charge on any atom is 0.126 e. The predicted octanol–water partition coefficient (Wildman–Crippen LogP) is 1.75. The summed E-state index contributed by atoms with van der Waals surface area (Å²) in [5.74, 6) is 0.978. The van der Waals surface area contributed by atoms with Crippen molar-refractivity contribution in [3.05, 3.63) is 24.4 Å². The minimum atomic E-state index is 0.0828. The van der Waals surface area contributed by atoms with Crippen molar-refractivity contribution >= 4 is 5.82 Å². The minimum Gasteiger partial charge on any atom is -0.373 e. The molecule has 2 aliphatic rings. The van der Waals surface area contributed by atoms with E-state index in [0.717, 1.165) is 44.8 Å². The van der Waals surface area contributed by atoms with Gasteiger partial charge in [-0.05, 0) is 38.4 Å². The van der Waals surface area contributed by atoms with E-state index in [2.05, 4.69) is 22.2 Å². The van der Waals surface area contributed by atoms with E-state index in [4.69, 9.17) is 4.74 Å². The van der Waals surface area contributed by atoms with E-state index in [9.17, 15) is 0 Å². The SMILES string of the molecule is CN1CC[C@]2(C[C@@H](Nc3ccccn3)CCO2)C1. The summed E-state index contributed by atoms with van der Waals surface area (Å²) in [6.45, 7) is 3.07. The Morgan fingerprint density at radius 2 is 2.44 bits per heavy atom. The molecule has 98 valence electrons. The van der Waals surface area contributed by atoms with Crippen molar-refractivity contribution in [3.63, 3.8) is 0 Å². The highest BCUT2D eigenvalue weighted by Crippen LogP contribution is 2.34. The van der Waals surface area contributed by atoms with Crippen molar-refractivity contribution in [2.75, 3.05) is 32.1 Å². The third-order valence-electron chi connectivity index (χ3n) is 4.02. The Morgan fingerprint density at radius 3 is 3.17 bits per heavy atom. The second kappa shape index (κ2) is 4.86. The van der Waals surface area contributed by atoms with Gasteiger partial charge in [-0.15, -0.1) is 0 Å². The van der Waals surface area contributed by atoms with Gasteiger partial charge in [-0.25, -0.2) is 4.98 Å². The quantitative estimate of drug-likeness (QED) is 0.864. The van der Waals surface area contributed by atoms with E-state index >= 15 is 0 Å². The van der Waals surface area contributed by atoms with E-state index in [0.29, 0.717) is 6.04 Å². The number of hydrogen-bond donors (Lipinski definition) is 1. The molecule has 1 aromatic rings. The lowest BCUT2D eigenvalue weighted by Gasteiger charge is -2.38. The van der Waals surface area contributed by atoms with Crippen LogP contribution in [0.15, 0.2) is 24.4 Å². The highest BCUT2D eigenvalue weighted by molar-refractivity contribution is 5.34. The number of likely N-dealkylation sites (N-methyl/N-ethyl adjacent to an activating group) is 1. The van der Waals surface area contributed by atoms with Gasteiger partial charge in [0.25, 0.3) is 0 Å². The van der Waals surface area contributed by atoms with Gasteiger partial charge in [0.15, 0.2) is 0 Å². The molecule has 0 amide bonds. The van der Waals surface area contributed by atoms with Gasteiger partial charge in [-0.3, -0.25) is 0 Å². The van der Waals surface area contributed by atoms with Gasteiger partial charge in [-0.2, -0.15) is 0 Å². The molecular formula is C14H21N3O. The standard InChI is InChI=1S/C14H21N3O/c1-17-8-6-14(11-17)10-12(5-9-18-14)16-13-4-2-3-7-15-13/h2-4,7,12H,5-6,8-11H2,1H3,(H,15,16)/t12-,14-/m0/s1. The average molecular weight is 247 g/mol. The van der Waals surface area contributed by atoms with Crippen molar-refractivity contribution in [3.8, 4) is 0 Å². The molecule has 1 spiro atoms. The monoisotopic (exact) mass is 247 g/mol. The van der Waals surface area contributed by atoms with Crippen molar-refractivity contribution in [2.24, 2.45) is 0 Å². The number of rotatable bonds is 2. The fourth-order valence-corrected chi connectivity index (χ4v) is 3.14. The van der Waals surface area contributed by atoms with Gasteiger partial charge in [0.2, 0.25) is 0 Å². The number of ether oxygens (including phenoxy) is 1. The Balaban J connectivity index is 1.64. The first-order chi connectivity index (χ1) is 8.76. The van der Waals surface area contributed by atoms with Gasteiger partial charge in [0.05, 0.1) is 5.60 Å². The molecule has 0 aromatic carbocycles. The summed E-state index contributed by atoms with van der Waals surface area (Å²) in [7, 11) is 2.17. The third-order valence-corrected chi connectivity index (χ3v) is 4.02. The smallest absolute Gasteiger partial charge is 0.126 e. The number of pyridine rings is 1.